The highest BCUT2D eigenvalue weighted by molar-refractivity contribution is 5.55. The normalized spacial score (nSPS) is 17.2. The van der Waals surface area contributed by atoms with Crippen LogP contribution in [-0.2, 0) is 0 Å². The van der Waals surface area contributed by atoms with Crippen LogP contribution >= 0.6 is 0 Å². The third-order valence-corrected chi connectivity index (χ3v) is 10.00. The summed E-state index contributed by atoms with van der Waals surface area (Å²) in [6.07, 6.45) is 24.2. The van der Waals surface area contributed by atoms with E-state index in [1.807, 2.05) is 0 Å². The van der Waals surface area contributed by atoms with E-state index < -0.39 is 0 Å². The standard InChI is InChI=1S/C22H40N2.C18H28N2/c1-5-9-11-19(7-3)17-23-21-13-15-22(16-14-21)24-18-20(8-4)12-10-6-2;1-3-7-15(8-4-1)19-17-11-13-18(14-12-17)20-16-9-5-2-6-10-16/h13-16,19-20,23-24H,5-12,17-18H2,1-4H3;11-16,19-20H,1-10H2. The van der Waals surface area contributed by atoms with E-state index in [0.717, 1.165) is 24.9 Å². The minimum Gasteiger partial charge on any atom is -0.385 e. The number of benzene rings is 2. The first-order chi connectivity index (χ1) is 21.6. The van der Waals surface area contributed by atoms with E-state index in [2.05, 4.69) is 97.5 Å². The molecule has 2 fully saturated rings. The van der Waals surface area contributed by atoms with E-state index >= 15 is 0 Å². The highest BCUT2D eigenvalue weighted by atomic mass is 14.9. The molecule has 2 aromatic carbocycles. The van der Waals surface area contributed by atoms with Gasteiger partial charge in [-0.1, -0.05) is 105 Å². The topological polar surface area (TPSA) is 48.1 Å². The van der Waals surface area contributed by atoms with E-state index in [4.69, 9.17) is 0 Å². The molecule has 44 heavy (non-hydrogen) atoms. The first-order valence-electron chi connectivity index (χ1n) is 18.8. The smallest absolute Gasteiger partial charge is 0.0343 e. The van der Waals surface area contributed by atoms with Crippen molar-refractivity contribution in [2.75, 3.05) is 34.4 Å². The van der Waals surface area contributed by atoms with Gasteiger partial charge in [0.2, 0.25) is 0 Å². The molecule has 2 saturated carbocycles. The minimum absolute atomic E-state index is 0.695. The molecule has 2 aliphatic carbocycles. The zero-order chi connectivity index (χ0) is 31.2. The van der Waals surface area contributed by atoms with Crippen LogP contribution in [0, 0.1) is 11.8 Å². The van der Waals surface area contributed by atoms with Crippen LogP contribution in [0.15, 0.2) is 48.5 Å². The van der Waals surface area contributed by atoms with Gasteiger partial charge in [0, 0.05) is 47.9 Å². The van der Waals surface area contributed by atoms with Crippen molar-refractivity contribution in [2.24, 2.45) is 11.8 Å². The summed E-state index contributed by atoms with van der Waals surface area (Å²) in [6.45, 7) is 11.3. The molecule has 0 aromatic heterocycles. The Kier molecular flexibility index (Phi) is 18.2. The van der Waals surface area contributed by atoms with Crippen molar-refractivity contribution in [2.45, 2.75) is 155 Å². The lowest BCUT2D eigenvalue weighted by molar-refractivity contribution is 0.462. The zero-order valence-electron chi connectivity index (χ0n) is 29.1. The Morgan fingerprint density at radius 2 is 0.841 bits per heavy atom. The number of hydrogen-bond acceptors (Lipinski definition) is 4. The fourth-order valence-corrected chi connectivity index (χ4v) is 6.74. The molecular formula is C40H68N4. The third-order valence-electron chi connectivity index (χ3n) is 10.00. The molecule has 4 N–H and O–H groups in total. The first-order valence-corrected chi connectivity index (χ1v) is 18.8. The largest absolute Gasteiger partial charge is 0.385 e. The van der Waals surface area contributed by atoms with Crippen LogP contribution in [0.1, 0.15) is 143 Å². The molecule has 0 aliphatic heterocycles. The summed E-state index contributed by atoms with van der Waals surface area (Å²) >= 11 is 0. The summed E-state index contributed by atoms with van der Waals surface area (Å²) in [6, 6.07) is 19.2. The second-order valence-electron chi connectivity index (χ2n) is 13.7. The van der Waals surface area contributed by atoms with E-state index in [0.29, 0.717) is 12.1 Å². The van der Waals surface area contributed by atoms with Crippen LogP contribution in [0.5, 0.6) is 0 Å². The predicted molar refractivity (Wildman–Crippen MR) is 197 cm³/mol. The van der Waals surface area contributed by atoms with E-state index in [1.165, 1.54) is 138 Å². The van der Waals surface area contributed by atoms with Gasteiger partial charge in [-0.05, 0) is 98.9 Å². The van der Waals surface area contributed by atoms with Crippen molar-refractivity contribution < 1.29 is 0 Å². The van der Waals surface area contributed by atoms with Crippen LogP contribution in [0.2, 0.25) is 0 Å². The first kappa shape index (κ1) is 36.1. The fourth-order valence-electron chi connectivity index (χ4n) is 6.74. The maximum Gasteiger partial charge on any atom is 0.0343 e. The van der Waals surface area contributed by atoms with Gasteiger partial charge >= 0.3 is 0 Å². The summed E-state index contributed by atoms with van der Waals surface area (Å²) < 4.78 is 0. The van der Waals surface area contributed by atoms with E-state index in [9.17, 15) is 0 Å². The summed E-state index contributed by atoms with van der Waals surface area (Å²) in [7, 11) is 0. The Morgan fingerprint density at radius 3 is 1.16 bits per heavy atom. The minimum atomic E-state index is 0.695. The van der Waals surface area contributed by atoms with Gasteiger partial charge in [-0.25, -0.2) is 0 Å². The monoisotopic (exact) mass is 605 g/mol. The zero-order valence-corrected chi connectivity index (χ0v) is 29.1. The Hall–Kier alpha value is -2.36. The van der Waals surface area contributed by atoms with Gasteiger partial charge in [-0.3, -0.25) is 0 Å². The molecule has 0 spiro atoms. The lowest BCUT2D eigenvalue weighted by Crippen LogP contribution is -2.23. The second kappa shape index (κ2) is 22.2. The molecule has 0 saturated heterocycles. The quantitative estimate of drug-likeness (QED) is 0.137. The van der Waals surface area contributed by atoms with Crippen molar-refractivity contribution in [3.8, 4) is 0 Å². The molecule has 248 valence electrons. The van der Waals surface area contributed by atoms with Crippen LogP contribution in [0.25, 0.3) is 0 Å². The molecule has 4 heteroatoms. The lowest BCUT2D eigenvalue weighted by Gasteiger charge is -2.25. The van der Waals surface area contributed by atoms with Gasteiger partial charge in [0.1, 0.15) is 0 Å². The van der Waals surface area contributed by atoms with Crippen molar-refractivity contribution in [3.05, 3.63) is 48.5 Å². The summed E-state index contributed by atoms with van der Waals surface area (Å²) in [5.74, 6) is 1.60. The van der Waals surface area contributed by atoms with Gasteiger partial charge in [0.25, 0.3) is 0 Å². The Morgan fingerprint density at radius 1 is 0.500 bits per heavy atom. The number of hydrogen-bond donors (Lipinski definition) is 4. The maximum atomic E-state index is 3.68. The molecule has 4 rings (SSSR count). The Labute approximate surface area is 272 Å². The maximum absolute atomic E-state index is 3.68. The molecule has 2 atom stereocenters. The molecule has 0 radical (unpaired) electrons. The van der Waals surface area contributed by atoms with Crippen molar-refractivity contribution in [1.82, 2.24) is 0 Å². The summed E-state index contributed by atoms with van der Waals surface area (Å²) in [5.41, 5.74) is 5.05. The molecule has 0 amide bonds. The van der Waals surface area contributed by atoms with Crippen LogP contribution in [0.3, 0.4) is 0 Å². The van der Waals surface area contributed by atoms with E-state index in [1.54, 1.807) is 0 Å². The Bertz CT molecular complexity index is 866. The average Bonchev–Trinajstić information content (AvgIpc) is 3.08. The SMILES string of the molecule is CCCCC(CC)CNc1ccc(NCC(CC)CCCC)cc1.c1cc(NC2CCCCC2)ccc1NC1CCCCC1. The second-order valence-corrected chi connectivity index (χ2v) is 13.7. The highest BCUT2D eigenvalue weighted by Crippen LogP contribution is 2.25. The number of nitrogens with one attached hydrogen (secondary N) is 4. The van der Waals surface area contributed by atoms with Gasteiger partial charge in [0.15, 0.2) is 0 Å². The summed E-state index contributed by atoms with van der Waals surface area (Å²) in [4.78, 5) is 0. The predicted octanol–water partition coefficient (Wildman–Crippen LogP) is 12.1. The molecule has 4 nitrogen and oxygen atoms in total. The van der Waals surface area contributed by atoms with E-state index in [-0.39, 0.29) is 0 Å². The highest BCUT2D eigenvalue weighted by Gasteiger charge is 2.14. The Balaban J connectivity index is 0.000000243. The van der Waals surface area contributed by atoms with Crippen molar-refractivity contribution >= 4 is 22.7 Å². The molecule has 2 unspecified atom stereocenters. The van der Waals surface area contributed by atoms with Crippen LogP contribution in [-0.4, -0.2) is 25.2 Å². The molecule has 2 aliphatic rings. The number of unbranched alkanes of at least 4 members (excludes halogenated alkanes) is 2. The fraction of sp³-hybridized carbons (Fsp3) is 0.700. The van der Waals surface area contributed by atoms with Crippen LogP contribution < -0.4 is 21.3 Å². The van der Waals surface area contributed by atoms with Crippen molar-refractivity contribution in [1.29, 1.82) is 0 Å². The molecule has 2 aromatic rings. The van der Waals surface area contributed by atoms with Gasteiger partial charge in [-0.15, -0.1) is 0 Å². The van der Waals surface area contributed by atoms with Crippen molar-refractivity contribution in [3.63, 3.8) is 0 Å². The van der Waals surface area contributed by atoms with Gasteiger partial charge < -0.3 is 21.3 Å². The number of anilines is 4. The molecule has 0 bridgehead atoms. The molecule has 0 heterocycles. The van der Waals surface area contributed by atoms with Crippen LogP contribution in [0.4, 0.5) is 22.7 Å². The van der Waals surface area contributed by atoms with Gasteiger partial charge in [0.05, 0.1) is 0 Å². The lowest BCUT2D eigenvalue weighted by atomic mass is 9.95. The summed E-state index contributed by atoms with van der Waals surface area (Å²) in [5, 5.41) is 14.6. The number of rotatable bonds is 18. The molecular weight excluding hydrogens is 536 g/mol. The third kappa shape index (κ3) is 14.6. The van der Waals surface area contributed by atoms with Gasteiger partial charge in [-0.2, -0.15) is 0 Å². The average molecular weight is 605 g/mol.